The van der Waals surface area contributed by atoms with Gasteiger partial charge >= 0.3 is 0 Å². The molecular formula is C12H21N. The maximum atomic E-state index is 5.57. The molecule has 0 amide bonds. The number of nitrogens with zero attached hydrogens (tertiary/aromatic N) is 1. The van der Waals surface area contributed by atoms with Crippen LogP contribution in [0, 0.1) is 12.3 Å². The lowest BCUT2D eigenvalue weighted by Crippen LogP contribution is -2.47. The van der Waals surface area contributed by atoms with Crippen molar-refractivity contribution in [1.29, 1.82) is 0 Å². The van der Waals surface area contributed by atoms with E-state index in [0.717, 1.165) is 0 Å². The van der Waals surface area contributed by atoms with Crippen LogP contribution in [0.5, 0.6) is 0 Å². The Morgan fingerprint density at radius 1 is 1.23 bits per heavy atom. The van der Waals surface area contributed by atoms with Crippen molar-refractivity contribution in [2.45, 2.75) is 58.0 Å². The van der Waals surface area contributed by atoms with E-state index in [0.29, 0.717) is 6.04 Å². The van der Waals surface area contributed by atoms with Crippen molar-refractivity contribution in [2.75, 3.05) is 6.54 Å². The van der Waals surface area contributed by atoms with Crippen molar-refractivity contribution in [2.24, 2.45) is 0 Å². The van der Waals surface area contributed by atoms with Crippen LogP contribution in [0.1, 0.15) is 46.5 Å². The highest BCUT2D eigenvalue weighted by Gasteiger charge is 2.28. The summed E-state index contributed by atoms with van der Waals surface area (Å²) in [6, 6.07) is 0.363. The second-order valence-electron chi connectivity index (χ2n) is 4.90. The van der Waals surface area contributed by atoms with E-state index in [1.165, 1.54) is 32.2 Å². The van der Waals surface area contributed by atoms with Gasteiger partial charge in [-0.3, -0.25) is 4.90 Å². The molecule has 1 aliphatic rings. The number of rotatable bonds is 0. The molecule has 0 bridgehead atoms. The van der Waals surface area contributed by atoms with Crippen molar-refractivity contribution < 1.29 is 0 Å². The molecule has 0 unspecified atom stereocenters. The van der Waals surface area contributed by atoms with Gasteiger partial charge in [-0.25, -0.2) is 0 Å². The zero-order valence-electron chi connectivity index (χ0n) is 9.14. The molecule has 1 saturated heterocycles. The smallest absolute Gasteiger partial charge is 0.0716 e. The molecule has 0 spiro atoms. The van der Waals surface area contributed by atoms with Crippen LogP contribution in [-0.4, -0.2) is 23.0 Å². The van der Waals surface area contributed by atoms with Crippen molar-refractivity contribution in [3.8, 4) is 12.3 Å². The molecule has 0 aliphatic carbocycles. The van der Waals surface area contributed by atoms with Crippen LogP contribution < -0.4 is 0 Å². The SMILES string of the molecule is C#C[C@@H]1CCCCCN1C(C)(C)C. The molecule has 1 rings (SSSR count). The molecule has 0 saturated carbocycles. The van der Waals surface area contributed by atoms with Crippen molar-refractivity contribution in [1.82, 2.24) is 4.90 Å². The highest BCUT2D eigenvalue weighted by Crippen LogP contribution is 2.24. The summed E-state index contributed by atoms with van der Waals surface area (Å²) in [6.45, 7) is 7.92. The topological polar surface area (TPSA) is 3.24 Å². The molecule has 0 aromatic heterocycles. The summed E-state index contributed by atoms with van der Waals surface area (Å²) in [7, 11) is 0. The van der Waals surface area contributed by atoms with Crippen LogP contribution in [0.4, 0.5) is 0 Å². The van der Waals surface area contributed by atoms with E-state index in [1.807, 2.05) is 0 Å². The van der Waals surface area contributed by atoms with E-state index in [-0.39, 0.29) is 5.54 Å². The number of hydrogen-bond donors (Lipinski definition) is 0. The van der Waals surface area contributed by atoms with Crippen molar-refractivity contribution >= 4 is 0 Å². The first kappa shape index (κ1) is 10.6. The van der Waals surface area contributed by atoms with Gasteiger partial charge in [-0.05, 0) is 40.2 Å². The molecule has 1 nitrogen and oxygen atoms in total. The highest BCUT2D eigenvalue weighted by molar-refractivity contribution is 5.03. The standard InChI is InChI=1S/C12H21N/c1-5-11-9-7-6-8-10-13(11)12(2,3)4/h1,11H,6-10H2,2-4H3/t11-/m1/s1. The number of likely N-dealkylation sites (tertiary alicyclic amines) is 1. The summed E-state index contributed by atoms with van der Waals surface area (Å²) in [5.74, 6) is 2.93. The predicted octanol–water partition coefficient (Wildman–Crippen LogP) is 2.66. The van der Waals surface area contributed by atoms with Gasteiger partial charge in [-0.2, -0.15) is 0 Å². The summed E-state index contributed by atoms with van der Waals surface area (Å²) in [5.41, 5.74) is 0.224. The fourth-order valence-corrected chi connectivity index (χ4v) is 2.08. The Morgan fingerprint density at radius 2 is 1.92 bits per heavy atom. The quantitative estimate of drug-likeness (QED) is 0.517. The molecule has 0 aromatic rings. The van der Waals surface area contributed by atoms with Crippen LogP contribution in [0.3, 0.4) is 0 Å². The summed E-state index contributed by atoms with van der Waals surface area (Å²) < 4.78 is 0. The van der Waals surface area contributed by atoms with E-state index in [1.54, 1.807) is 0 Å². The second kappa shape index (κ2) is 4.15. The third kappa shape index (κ3) is 2.74. The van der Waals surface area contributed by atoms with Gasteiger partial charge in [0.25, 0.3) is 0 Å². The van der Waals surface area contributed by atoms with Crippen LogP contribution >= 0.6 is 0 Å². The lowest BCUT2D eigenvalue weighted by Gasteiger charge is -2.38. The van der Waals surface area contributed by atoms with Crippen molar-refractivity contribution in [3.63, 3.8) is 0 Å². The fourth-order valence-electron chi connectivity index (χ4n) is 2.08. The Hall–Kier alpha value is -0.480. The Morgan fingerprint density at radius 3 is 2.46 bits per heavy atom. The molecule has 1 heterocycles. The highest BCUT2D eigenvalue weighted by atomic mass is 15.2. The summed E-state index contributed by atoms with van der Waals surface area (Å²) in [5, 5.41) is 0. The molecular weight excluding hydrogens is 158 g/mol. The van der Waals surface area contributed by atoms with Gasteiger partial charge in [0, 0.05) is 5.54 Å². The minimum Gasteiger partial charge on any atom is -0.285 e. The van der Waals surface area contributed by atoms with Gasteiger partial charge < -0.3 is 0 Å². The van der Waals surface area contributed by atoms with Crippen LogP contribution in [0.15, 0.2) is 0 Å². The van der Waals surface area contributed by atoms with Gasteiger partial charge in [0.05, 0.1) is 6.04 Å². The van der Waals surface area contributed by atoms with E-state index in [4.69, 9.17) is 6.42 Å². The normalized spacial score (nSPS) is 26.5. The van der Waals surface area contributed by atoms with Gasteiger partial charge in [0.1, 0.15) is 0 Å². The monoisotopic (exact) mass is 179 g/mol. The summed E-state index contributed by atoms with van der Waals surface area (Å²) in [4.78, 5) is 2.47. The first-order chi connectivity index (χ1) is 6.05. The Balaban J connectivity index is 2.72. The summed E-state index contributed by atoms with van der Waals surface area (Å²) in [6.07, 6.45) is 10.7. The van der Waals surface area contributed by atoms with Crippen LogP contribution in [0.2, 0.25) is 0 Å². The van der Waals surface area contributed by atoms with Crippen LogP contribution in [-0.2, 0) is 0 Å². The minimum atomic E-state index is 0.224. The lowest BCUT2D eigenvalue weighted by molar-refractivity contribution is 0.112. The number of hydrogen-bond acceptors (Lipinski definition) is 1. The van der Waals surface area contributed by atoms with Crippen LogP contribution in [0.25, 0.3) is 0 Å². The zero-order chi connectivity index (χ0) is 9.90. The van der Waals surface area contributed by atoms with Crippen molar-refractivity contribution in [3.05, 3.63) is 0 Å². The van der Waals surface area contributed by atoms with E-state index in [2.05, 4.69) is 31.6 Å². The third-order valence-corrected chi connectivity index (χ3v) is 2.81. The maximum Gasteiger partial charge on any atom is 0.0716 e. The molecule has 74 valence electrons. The zero-order valence-corrected chi connectivity index (χ0v) is 9.14. The van der Waals surface area contributed by atoms with E-state index < -0.39 is 0 Å². The van der Waals surface area contributed by atoms with Gasteiger partial charge in [0.15, 0.2) is 0 Å². The molecule has 1 aliphatic heterocycles. The lowest BCUT2D eigenvalue weighted by atomic mass is 10.0. The van der Waals surface area contributed by atoms with Gasteiger partial charge in [0.2, 0.25) is 0 Å². The molecule has 0 aromatic carbocycles. The molecule has 1 fully saturated rings. The van der Waals surface area contributed by atoms with E-state index in [9.17, 15) is 0 Å². The van der Waals surface area contributed by atoms with Gasteiger partial charge in [-0.15, -0.1) is 6.42 Å². The molecule has 13 heavy (non-hydrogen) atoms. The predicted molar refractivity (Wildman–Crippen MR) is 57.5 cm³/mol. The Kier molecular flexibility index (Phi) is 3.39. The third-order valence-electron chi connectivity index (χ3n) is 2.81. The molecule has 1 heteroatoms. The van der Waals surface area contributed by atoms with Gasteiger partial charge in [-0.1, -0.05) is 18.8 Å². The average molecular weight is 179 g/mol. The Bertz CT molecular complexity index is 194. The minimum absolute atomic E-state index is 0.224. The largest absolute Gasteiger partial charge is 0.285 e. The van der Waals surface area contributed by atoms with E-state index >= 15 is 0 Å². The molecule has 0 radical (unpaired) electrons. The maximum absolute atomic E-state index is 5.57. The molecule has 1 atom stereocenters. The summed E-state index contributed by atoms with van der Waals surface area (Å²) >= 11 is 0. The second-order valence-corrected chi connectivity index (χ2v) is 4.90. The first-order valence-corrected chi connectivity index (χ1v) is 5.28. The Labute approximate surface area is 82.5 Å². The number of terminal acetylenes is 1. The fraction of sp³-hybridized carbons (Fsp3) is 0.833. The average Bonchev–Trinajstić information content (AvgIpc) is 2.26. The first-order valence-electron chi connectivity index (χ1n) is 5.28. The molecule has 0 N–H and O–H groups in total.